The Balaban J connectivity index is 1.47. The van der Waals surface area contributed by atoms with Crippen LogP contribution in [0.1, 0.15) is 11.1 Å². The summed E-state index contributed by atoms with van der Waals surface area (Å²) >= 11 is 24.2. The van der Waals surface area contributed by atoms with Gasteiger partial charge in [0.25, 0.3) is 5.91 Å². The van der Waals surface area contributed by atoms with E-state index in [0.717, 1.165) is 16.8 Å². The fourth-order valence-electron chi connectivity index (χ4n) is 3.27. The average Bonchev–Trinajstić information content (AvgIpc) is 3.13. The van der Waals surface area contributed by atoms with E-state index in [1.807, 2.05) is 0 Å². The van der Waals surface area contributed by atoms with Crippen LogP contribution in [0.3, 0.4) is 0 Å². The van der Waals surface area contributed by atoms with Gasteiger partial charge in [0.15, 0.2) is 15.8 Å². The molecule has 3 aromatic rings. The number of thiocarbonyl (C=S) groups is 1. The third-order valence-electron chi connectivity index (χ3n) is 5.10. The zero-order valence-electron chi connectivity index (χ0n) is 19.4. The minimum atomic E-state index is -0.701. The molecule has 1 aliphatic rings. The van der Waals surface area contributed by atoms with Gasteiger partial charge in [-0.05, 0) is 66.3 Å². The normalized spacial score (nSPS) is 14.1. The molecule has 38 heavy (non-hydrogen) atoms. The van der Waals surface area contributed by atoms with Crippen molar-refractivity contribution in [1.82, 2.24) is 10.4 Å². The monoisotopic (exact) mass is 611 g/mol. The fourth-order valence-corrected chi connectivity index (χ4v) is 4.96. The number of nitrogens with one attached hydrogen (secondary N) is 2. The Bertz CT molecular complexity index is 1450. The number of carbonyl (C=O) groups excluding carboxylic acids is 2. The highest BCUT2D eigenvalue weighted by atomic mass is 35.5. The molecule has 1 fully saturated rings. The predicted molar refractivity (Wildman–Crippen MR) is 152 cm³/mol. The maximum absolute atomic E-state index is 14.1. The molecular weight excluding hydrogens is 596 g/mol. The van der Waals surface area contributed by atoms with Gasteiger partial charge in [0, 0.05) is 11.3 Å². The van der Waals surface area contributed by atoms with Gasteiger partial charge in [0.2, 0.25) is 0 Å². The zero-order valence-corrected chi connectivity index (χ0v) is 23.3. The Morgan fingerprint density at radius 1 is 1.08 bits per heavy atom. The van der Waals surface area contributed by atoms with Crippen LogP contribution < -0.4 is 20.2 Å². The van der Waals surface area contributed by atoms with Gasteiger partial charge in [0.05, 0.1) is 27.1 Å². The number of ether oxygens (including phenoxy) is 2. The molecule has 7 nitrogen and oxygen atoms in total. The van der Waals surface area contributed by atoms with Crippen LogP contribution in [0.25, 0.3) is 6.08 Å². The Hall–Kier alpha value is -3.02. The lowest BCUT2D eigenvalue weighted by atomic mass is 10.1. The third-order valence-corrected chi connectivity index (χ3v) is 7.50. The number of methoxy groups -OCH3 is 1. The minimum absolute atomic E-state index is 0.129. The molecule has 3 amide bonds. The highest BCUT2D eigenvalue weighted by molar-refractivity contribution is 8.26. The lowest BCUT2D eigenvalue weighted by Crippen LogP contribution is -2.46. The average molecular weight is 613 g/mol. The summed E-state index contributed by atoms with van der Waals surface area (Å²) in [5, 5.41) is 4.35. The van der Waals surface area contributed by atoms with Gasteiger partial charge in [-0.3, -0.25) is 4.79 Å². The Morgan fingerprint density at radius 3 is 2.58 bits per heavy atom. The van der Waals surface area contributed by atoms with Crippen molar-refractivity contribution in [3.63, 3.8) is 0 Å². The van der Waals surface area contributed by atoms with Crippen molar-refractivity contribution < 1.29 is 23.5 Å². The van der Waals surface area contributed by atoms with Crippen molar-refractivity contribution in [3.8, 4) is 11.5 Å². The van der Waals surface area contributed by atoms with Gasteiger partial charge in [-0.1, -0.05) is 58.7 Å². The van der Waals surface area contributed by atoms with Gasteiger partial charge in [-0.25, -0.2) is 14.6 Å². The third kappa shape index (κ3) is 6.51. The van der Waals surface area contributed by atoms with Crippen molar-refractivity contribution >= 4 is 86.8 Å². The molecule has 0 radical (unpaired) electrons. The SMILES string of the molecule is COc1ccc(/C=C2/SC(=S)N(NC(=O)Nc3ccc(Cl)c(Cl)c3)C2=O)cc1OCc1c(F)cccc1Cl. The van der Waals surface area contributed by atoms with E-state index in [9.17, 15) is 14.0 Å². The van der Waals surface area contributed by atoms with Crippen LogP contribution in [0.15, 0.2) is 59.5 Å². The molecule has 1 saturated heterocycles. The lowest BCUT2D eigenvalue weighted by molar-refractivity contribution is -0.123. The van der Waals surface area contributed by atoms with Crippen molar-refractivity contribution in [3.05, 3.63) is 91.5 Å². The number of hydrogen-bond donors (Lipinski definition) is 2. The molecule has 196 valence electrons. The van der Waals surface area contributed by atoms with E-state index in [-0.39, 0.29) is 31.4 Å². The molecule has 1 aliphatic heterocycles. The summed E-state index contributed by atoms with van der Waals surface area (Å²) in [6, 6.07) is 13.2. The molecule has 4 rings (SSSR count). The van der Waals surface area contributed by atoms with Crippen LogP contribution in [0.5, 0.6) is 11.5 Å². The molecule has 0 saturated carbocycles. The predicted octanol–water partition coefficient (Wildman–Crippen LogP) is 7.31. The molecule has 0 bridgehead atoms. The largest absolute Gasteiger partial charge is 0.493 e. The van der Waals surface area contributed by atoms with Crippen molar-refractivity contribution in [2.75, 3.05) is 12.4 Å². The molecule has 0 unspecified atom stereocenters. The summed E-state index contributed by atoms with van der Waals surface area (Å²) in [6.45, 7) is -0.134. The summed E-state index contributed by atoms with van der Waals surface area (Å²) < 4.78 is 25.4. The van der Waals surface area contributed by atoms with Gasteiger partial charge < -0.3 is 14.8 Å². The maximum atomic E-state index is 14.1. The number of nitrogens with zero attached hydrogens (tertiary/aromatic N) is 1. The molecule has 0 atom stereocenters. The second kappa shape index (κ2) is 12.2. The quantitative estimate of drug-likeness (QED) is 0.215. The number of urea groups is 1. The number of hydrogen-bond acceptors (Lipinski definition) is 6. The van der Waals surface area contributed by atoms with E-state index < -0.39 is 17.8 Å². The Morgan fingerprint density at radius 2 is 1.87 bits per heavy atom. The van der Waals surface area contributed by atoms with Crippen molar-refractivity contribution in [1.29, 1.82) is 0 Å². The standard InChI is InChI=1S/C25H17Cl3FN3O4S2/c1-35-20-8-5-13(9-21(20)36-12-15-16(26)3-2-4-19(15)29)10-22-23(33)32(25(37)38-22)31-24(34)30-14-6-7-17(27)18(28)11-14/h2-11H,12H2,1H3,(H2,30,31,34)/b22-10+. The number of halogens is 4. The van der Waals surface area contributed by atoms with Crippen LogP contribution in [0, 0.1) is 5.82 Å². The first-order chi connectivity index (χ1) is 18.2. The van der Waals surface area contributed by atoms with Crippen LogP contribution in [-0.4, -0.2) is 28.4 Å². The number of hydrazine groups is 1. The highest BCUT2D eigenvalue weighted by Gasteiger charge is 2.33. The highest BCUT2D eigenvalue weighted by Crippen LogP contribution is 2.35. The molecule has 0 spiro atoms. The minimum Gasteiger partial charge on any atom is -0.493 e. The van der Waals surface area contributed by atoms with Gasteiger partial charge >= 0.3 is 6.03 Å². The van der Waals surface area contributed by atoms with Crippen LogP contribution in [-0.2, 0) is 11.4 Å². The van der Waals surface area contributed by atoms with Gasteiger partial charge in [-0.15, -0.1) is 0 Å². The van der Waals surface area contributed by atoms with Crippen molar-refractivity contribution in [2.24, 2.45) is 0 Å². The fraction of sp³-hybridized carbons (Fsp3) is 0.0800. The van der Waals surface area contributed by atoms with Gasteiger partial charge in [-0.2, -0.15) is 5.01 Å². The van der Waals surface area contributed by atoms with Gasteiger partial charge in [0.1, 0.15) is 12.4 Å². The van der Waals surface area contributed by atoms with Crippen molar-refractivity contribution in [2.45, 2.75) is 6.61 Å². The number of carbonyl (C=O) groups is 2. The zero-order chi connectivity index (χ0) is 27.4. The topological polar surface area (TPSA) is 79.9 Å². The summed E-state index contributed by atoms with van der Waals surface area (Å²) in [6.07, 6.45) is 1.58. The van der Waals surface area contributed by atoms with E-state index in [1.54, 1.807) is 36.4 Å². The summed E-state index contributed by atoms with van der Waals surface area (Å²) in [5.41, 5.74) is 3.58. The number of amides is 3. The van der Waals surface area contributed by atoms with Crippen LogP contribution >= 0.6 is 58.8 Å². The lowest BCUT2D eigenvalue weighted by Gasteiger charge is -2.16. The van der Waals surface area contributed by atoms with E-state index in [2.05, 4.69) is 10.7 Å². The second-order valence-electron chi connectivity index (χ2n) is 7.61. The Labute approximate surface area is 241 Å². The second-order valence-corrected chi connectivity index (χ2v) is 10.5. The number of rotatable bonds is 7. The molecule has 13 heteroatoms. The first kappa shape index (κ1) is 28.0. The first-order valence-corrected chi connectivity index (χ1v) is 13.1. The number of benzene rings is 3. The first-order valence-electron chi connectivity index (χ1n) is 10.7. The summed E-state index contributed by atoms with van der Waals surface area (Å²) in [7, 11) is 1.47. The molecule has 0 aromatic heterocycles. The number of anilines is 1. The smallest absolute Gasteiger partial charge is 0.338 e. The summed E-state index contributed by atoms with van der Waals surface area (Å²) in [4.78, 5) is 25.6. The van der Waals surface area contributed by atoms with Crippen LogP contribution in [0.4, 0.5) is 14.9 Å². The van der Waals surface area contributed by atoms with E-state index in [0.29, 0.717) is 27.8 Å². The van der Waals surface area contributed by atoms with Crippen LogP contribution in [0.2, 0.25) is 15.1 Å². The molecular formula is C25H17Cl3FN3O4S2. The molecule has 0 aliphatic carbocycles. The van der Waals surface area contributed by atoms with E-state index in [4.69, 9.17) is 56.5 Å². The molecule has 2 N–H and O–H groups in total. The summed E-state index contributed by atoms with van der Waals surface area (Å²) in [5.74, 6) is -0.300. The van der Waals surface area contributed by atoms with E-state index >= 15 is 0 Å². The number of thioether (sulfide) groups is 1. The maximum Gasteiger partial charge on any atom is 0.338 e. The van der Waals surface area contributed by atoms with E-state index in [1.165, 1.54) is 31.4 Å². The Kier molecular flexibility index (Phi) is 9.01. The molecule has 1 heterocycles. The molecule has 3 aromatic carbocycles.